The van der Waals surface area contributed by atoms with Gasteiger partial charge >= 0.3 is 6.09 Å². The van der Waals surface area contributed by atoms with E-state index in [-0.39, 0.29) is 29.7 Å². The van der Waals surface area contributed by atoms with E-state index in [0.717, 1.165) is 4.90 Å². The van der Waals surface area contributed by atoms with Crippen LogP contribution in [0.4, 0.5) is 10.5 Å². The fourth-order valence-electron chi connectivity index (χ4n) is 2.90. The lowest BCUT2D eigenvalue weighted by Gasteiger charge is -2.27. The molecule has 1 unspecified atom stereocenters. The van der Waals surface area contributed by atoms with Crippen LogP contribution in [0.1, 0.15) is 33.6 Å². The predicted molar refractivity (Wildman–Crippen MR) is 87.3 cm³/mol. The number of hydrogen-bond donors (Lipinski definition) is 3. The van der Waals surface area contributed by atoms with E-state index in [4.69, 9.17) is 5.73 Å². The first-order valence-electron chi connectivity index (χ1n) is 7.86. The van der Waals surface area contributed by atoms with Crippen molar-refractivity contribution in [1.29, 1.82) is 0 Å². The molecule has 1 saturated heterocycles. The summed E-state index contributed by atoms with van der Waals surface area (Å²) < 4.78 is 4.57. The molecule has 140 valence electrons. The smallest absolute Gasteiger partial charge is 0.412 e. The first-order chi connectivity index (χ1) is 12.8. The van der Waals surface area contributed by atoms with E-state index in [0.29, 0.717) is 0 Å². The van der Waals surface area contributed by atoms with E-state index in [1.54, 1.807) is 0 Å². The molecule has 1 aromatic rings. The Morgan fingerprint density at radius 1 is 1.22 bits per heavy atom. The van der Waals surface area contributed by atoms with Gasteiger partial charge in [0.2, 0.25) is 11.8 Å². The van der Waals surface area contributed by atoms with Gasteiger partial charge in [-0.15, -0.1) is 0 Å². The zero-order chi connectivity index (χ0) is 19.7. The van der Waals surface area contributed by atoms with Crippen molar-refractivity contribution in [3.05, 3.63) is 29.3 Å². The molecule has 0 aliphatic carbocycles. The number of amides is 6. The Bertz CT molecular complexity index is 895. The lowest BCUT2D eigenvalue weighted by Crippen LogP contribution is -2.54. The van der Waals surface area contributed by atoms with E-state index in [1.807, 2.05) is 0 Å². The largest absolute Gasteiger partial charge is 0.439 e. The Kier molecular flexibility index (Phi) is 4.59. The number of carbonyl (C=O) groups excluding carboxylic acids is 6. The van der Waals surface area contributed by atoms with Crippen LogP contribution in [0.2, 0.25) is 0 Å². The second-order valence-electron chi connectivity index (χ2n) is 5.84. The standard InChI is InChI=1S/C16H14N4O7/c17-10(21)6-27-16(26)18-8-3-1-2-7-12(8)15(25)20(14(7)24)9-4-5-11(22)19-13(9)23/h1-3,9H,4-6H2,(H2,17,21)(H,18,26)(H,19,22,23). The number of fused-ring (bicyclic) bond motifs is 1. The Hall–Kier alpha value is -3.76. The van der Waals surface area contributed by atoms with Crippen molar-refractivity contribution < 1.29 is 33.5 Å². The highest BCUT2D eigenvalue weighted by atomic mass is 16.6. The van der Waals surface area contributed by atoms with E-state index < -0.39 is 48.3 Å². The van der Waals surface area contributed by atoms with Crippen molar-refractivity contribution >= 4 is 41.3 Å². The second kappa shape index (κ2) is 6.86. The summed E-state index contributed by atoms with van der Waals surface area (Å²) in [4.78, 5) is 71.9. The van der Waals surface area contributed by atoms with Crippen molar-refractivity contribution in [2.24, 2.45) is 5.73 Å². The molecule has 0 bridgehead atoms. The molecule has 2 aliphatic heterocycles. The maximum atomic E-state index is 12.8. The lowest BCUT2D eigenvalue weighted by molar-refractivity contribution is -0.136. The minimum atomic E-state index is -1.12. The summed E-state index contributed by atoms with van der Waals surface area (Å²) in [6.07, 6.45) is -1.03. The van der Waals surface area contributed by atoms with Gasteiger partial charge in [0, 0.05) is 6.42 Å². The first kappa shape index (κ1) is 18.0. The Morgan fingerprint density at radius 2 is 1.96 bits per heavy atom. The molecule has 0 spiro atoms. The highest BCUT2D eigenvalue weighted by Gasteiger charge is 2.45. The van der Waals surface area contributed by atoms with Crippen LogP contribution in [-0.2, 0) is 19.1 Å². The molecule has 0 saturated carbocycles. The number of nitrogens with one attached hydrogen (secondary N) is 2. The van der Waals surface area contributed by atoms with Crippen LogP contribution in [0.25, 0.3) is 0 Å². The van der Waals surface area contributed by atoms with Gasteiger partial charge < -0.3 is 10.5 Å². The summed E-state index contributed by atoms with van der Waals surface area (Å²) in [7, 11) is 0. The highest BCUT2D eigenvalue weighted by molar-refractivity contribution is 6.26. The van der Waals surface area contributed by atoms with Crippen LogP contribution in [0.5, 0.6) is 0 Å². The number of imide groups is 2. The number of carbonyl (C=O) groups is 6. The highest BCUT2D eigenvalue weighted by Crippen LogP contribution is 2.32. The van der Waals surface area contributed by atoms with E-state index in [1.165, 1.54) is 18.2 Å². The number of ether oxygens (including phenoxy) is 1. The average Bonchev–Trinajstić information content (AvgIpc) is 2.86. The molecule has 1 atom stereocenters. The van der Waals surface area contributed by atoms with Crippen molar-refractivity contribution in [3.63, 3.8) is 0 Å². The quantitative estimate of drug-likeness (QED) is 0.576. The van der Waals surface area contributed by atoms with Gasteiger partial charge in [0.1, 0.15) is 6.04 Å². The third-order valence-corrected chi connectivity index (χ3v) is 4.05. The van der Waals surface area contributed by atoms with Gasteiger partial charge in [-0.1, -0.05) is 6.07 Å². The van der Waals surface area contributed by atoms with Gasteiger partial charge in [-0.25, -0.2) is 4.79 Å². The number of nitrogens with zero attached hydrogens (tertiary/aromatic N) is 1. The Labute approximate surface area is 151 Å². The van der Waals surface area contributed by atoms with Gasteiger partial charge in [-0.05, 0) is 18.6 Å². The predicted octanol–water partition coefficient (Wildman–Crippen LogP) is -0.878. The molecule has 3 rings (SSSR count). The lowest BCUT2D eigenvalue weighted by atomic mass is 10.0. The molecule has 11 heteroatoms. The Balaban J connectivity index is 1.86. The summed E-state index contributed by atoms with van der Waals surface area (Å²) in [5, 5.41) is 4.36. The van der Waals surface area contributed by atoms with Crippen LogP contribution in [0, 0.1) is 0 Å². The third-order valence-electron chi connectivity index (χ3n) is 4.05. The number of anilines is 1. The molecule has 6 amide bonds. The van der Waals surface area contributed by atoms with Gasteiger partial charge in [0.25, 0.3) is 17.7 Å². The van der Waals surface area contributed by atoms with Gasteiger partial charge in [0.15, 0.2) is 6.61 Å². The zero-order valence-corrected chi connectivity index (χ0v) is 13.8. The summed E-state index contributed by atoms with van der Waals surface area (Å²) in [5.74, 6) is -3.57. The number of nitrogens with two attached hydrogens (primary N) is 1. The summed E-state index contributed by atoms with van der Waals surface area (Å²) in [6.45, 7) is -0.657. The molecule has 0 aromatic heterocycles. The average molecular weight is 374 g/mol. The topological polar surface area (TPSA) is 165 Å². The minimum absolute atomic E-state index is 0.00241. The zero-order valence-electron chi connectivity index (χ0n) is 13.8. The molecule has 0 radical (unpaired) electrons. The molecule has 2 heterocycles. The fraction of sp³-hybridized carbons (Fsp3) is 0.250. The summed E-state index contributed by atoms with van der Waals surface area (Å²) in [6, 6.07) is 3.05. The third kappa shape index (κ3) is 3.34. The number of hydrogen-bond acceptors (Lipinski definition) is 7. The number of benzene rings is 1. The van der Waals surface area contributed by atoms with Crippen molar-refractivity contribution in [3.8, 4) is 0 Å². The fourth-order valence-corrected chi connectivity index (χ4v) is 2.90. The SMILES string of the molecule is NC(=O)COC(=O)Nc1cccc2c1C(=O)N(C1CCC(=O)NC1=O)C2=O. The summed E-state index contributed by atoms with van der Waals surface area (Å²) in [5.41, 5.74) is 4.75. The van der Waals surface area contributed by atoms with Crippen molar-refractivity contribution in [2.45, 2.75) is 18.9 Å². The van der Waals surface area contributed by atoms with Gasteiger partial charge in [0.05, 0.1) is 16.8 Å². The molecular weight excluding hydrogens is 360 g/mol. The maximum absolute atomic E-state index is 12.8. The van der Waals surface area contributed by atoms with Crippen LogP contribution in [0.3, 0.4) is 0 Å². The first-order valence-corrected chi connectivity index (χ1v) is 7.86. The monoisotopic (exact) mass is 374 g/mol. The number of primary amides is 1. The molecule has 27 heavy (non-hydrogen) atoms. The molecule has 2 aliphatic rings. The van der Waals surface area contributed by atoms with E-state index in [9.17, 15) is 28.8 Å². The second-order valence-corrected chi connectivity index (χ2v) is 5.84. The van der Waals surface area contributed by atoms with Crippen molar-refractivity contribution in [2.75, 3.05) is 11.9 Å². The van der Waals surface area contributed by atoms with Gasteiger partial charge in [-0.2, -0.15) is 0 Å². The number of rotatable bonds is 4. The molecule has 4 N–H and O–H groups in total. The normalized spacial score (nSPS) is 18.8. The van der Waals surface area contributed by atoms with Crippen LogP contribution < -0.4 is 16.4 Å². The van der Waals surface area contributed by atoms with Crippen LogP contribution in [-0.4, -0.2) is 53.2 Å². The van der Waals surface area contributed by atoms with Crippen LogP contribution >= 0.6 is 0 Å². The molecule has 11 nitrogen and oxygen atoms in total. The Morgan fingerprint density at radius 3 is 2.63 bits per heavy atom. The summed E-state index contributed by atoms with van der Waals surface area (Å²) >= 11 is 0. The van der Waals surface area contributed by atoms with Gasteiger partial charge in [-0.3, -0.25) is 39.5 Å². The minimum Gasteiger partial charge on any atom is -0.439 e. The van der Waals surface area contributed by atoms with Crippen molar-refractivity contribution in [1.82, 2.24) is 10.2 Å². The van der Waals surface area contributed by atoms with E-state index >= 15 is 0 Å². The van der Waals surface area contributed by atoms with E-state index in [2.05, 4.69) is 15.4 Å². The van der Waals surface area contributed by atoms with Crippen LogP contribution in [0.15, 0.2) is 18.2 Å². The maximum Gasteiger partial charge on any atom is 0.412 e. The number of piperidine rings is 1. The molecular formula is C16H14N4O7. The molecule has 1 aromatic carbocycles. The molecule has 1 fully saturated rings.